The first kappa shape index (κ1) is 21.8. The fourth-order valence-corrected chi connectivity index (χ4v) is 7.59. The number of amides is 2. The van der Waals surface area contributed by atoms with Crippen molar-refractivity contribution in [2.24, 2.45) is 0 Å². The maximum atomic E-state index is 12.7. The molecule has 0 aromatic carbocycles. The van der Waals surface area contributed by atoms with Crippen molar-refractivity contribution in [2.45, 2.75) is 52.1 Å². The van der Waals surface area contributed by atoms with E-state index in [4.69, 9.17) is 4.74 Å². The highest BCUT2D eigenvalue weighted by Gasteiger charge is 2.27. The minimum atomic E-state index is -0.375. The van der Waals surface area contributed by atoms with Gasteiger partial charge in [-0.1, -0.05) is 6.92 Å². The first-order valence-corrected chi connectivity index (χ1v) is 12.7. The summed E-state index contributed by atoms with van der Waals surface area (Å²) in [6.07, 6.45) is 5.01. The Morgan fingerprint density at radius 3 is 2.70 bits per heavy atom. The van der Waals surface area contributed by atoms with Crippen molar-refractivity contribution in [2.75, 3.05) is 25.5 Å². The van der Waals surface area contributed by atoms with Crippen molar-refractivity contribution >= 4 is 55.6 Å². The van der Waals surface area contributed by atoms with E-state index in [0.717, 1.165) is 61.1 Å². The number of ether oxygens (including phenoxy) is 1. The molecular formula is C21H26BrN3O3S2. The average molecular weight is 512 g/mol. The first-order chi connectivity index (χ1) is 14.5. The number of hydrogen-bond donors (Lipinski definition) is 2. The molecule has 0 saturated carbocycles. The Morgan fingerprint density at radius 2 is 1.93 bits per heavy atom. The van der Waals surface area contributed by atoms with Crippen LogP contribution in [-0.2, 0) is 37.1 Å². The van der Waals surface area contributed by atoms with Gasteiger partial charge in [-0.15, -0.1) is 22.7 Å². The summed E-state index contributed by atoms with van der Waals surface area (Å²) in [6, 6.07) is -0.295. The molecule has 2 N–H and O–H groups in total. The number of anilines is 1. The van der Waals surface area contributed by atoms with Crippen LogP contribution in [-0.4, -0.2) is 37.1 Å². The summed E-state index contributed by atoms with van der Waals surface area (Å²) in [5.41, 5.74) is 4.10. The molecule has 0 unspecified atom stereocenters. The Kier molecular flexibility index (Phi) is 6.81. The van der Waals surface area contributed by atoms with E-state index in [1.165, 1.54) is 39.3 Å². The minimum Gasteiger partial charge on any atom is -0.465 e. The number of hydrogen-bond acceptors (Lipinski definition) is 6. The van der Waals surface area contributed by atoms with Crippen LogP contribution in [0.5, 0.6) is 0 Å². The van der Waals surface area contributed by atoms with E-state index >= 15 is 0 Å². The summed E-state index contributed by atoms with van der Waals surface area (Å²) in [4.78, 5) is 30.0. The van der Waals surface area contributed by atoms with Crippen LogP contribution in [0.15, 0.2) is 3.79 Å². The molecule has 6 nitrogen and oxygen atoms in total. The van der Waals surface area contributed by atoms with Gasteiger partial charge < -0.3 is 10.1 Å². The smallest absolute Gasteiger partial charge is 0.341 e. The quantitative estimate of drug-likeness (QED) is 0.557. The van der Waals surface area contributed by atoms with E-state index in [-0.39, 0.29) is 12.0 Å². The third kappa shape index (κ3) is 4.30. The first-order valence-electron chi connectivity index (χ1n) is 10.3. The molecule has 2 aromatic heterocycles. The lowest BCUT2D eigenvalue weighted by molar-refractivity contribution is 0.0601. The van der Waals surface area contributed by atoms with Crippen LogP contribution in [0.1, 0.15) is 56.6 Å². The summed E-state index contributed by atoms with van der Waals surface area (Å²) >= 11 is 6.95. The van der Waals surface area contributed by atoms with Gasteiger partial charge in [0.1, 0.15) is 5.00 Å². The Hall–Kier alpha value is -1.42. The highest BCUT2D eigenvalue weighted by molar-refractivity contribution is 9.11. The summed E-state index contributed by atoms with van der Waals surface area (Å²) in [5, 5.41) is 6.48. The topological polar surface area (TPSA) is 70.7 Å². The summed E-state index contributed by atoms with van der Waals surface area (Å²) < 4.78 is 6.08. The van der Waals surface area contributed by atoms with Crippen molar-refractivity contribution in [1.82, 2.24) is 10.2 Å². The summed E-state index contributed by atoms with van der Waals surface area (Å²) in [7, 11) is 1.38. The van der Waals surface area contributed by atoms with Crippen molar-refractivity contribution in [1.29, 1.82) is 0 Å². The summed E-state index contributed by atoms with van der Waals surface area (Å²) in [6.45, 7) is 5.73. The van der Waals surface area contributed by atoms with Gasteiger partial charge in [0.2, 0.25) is 0 Å². The Labute approximate surface area is 193 Å². The largest absolute Gasteiger partial charge is 0.465 e. The highest BCUT2D eigenvalue weighted by atomic mass is 79.9. The third-order valence-corrected chi connectivity index (χ3v) is 9.08. The molecule has 2 aromatic rings. The molecule has 0 radical (unpaired) electrons. The zero-order valence-electron chi connectivity index (χ0n) is 17.2. The second-order valence-electron chi connectivity index (χ2n) is 7.59. The van der Waals surface area contributed by atoms with Crippen molar-refractivity contribution < 1.29 is 14.3 Å². The highest BCUT2D eigenvalue weighted by Crippen LogP contribution is 2.39. The van der Waals surface area contributed by atoms with E-state index in [0.29, 0.717) is 17.1 Å². The molecule has 0 fully saturated rings. The van der Waals surface area contributed by atoms with Crippen LogP contribution < -0.4 is 10.6 Å². The maximum Gasteiger partial charge on any atom is 0.341 e. The number of esters is 1. The number of urea groups is 1. The molecule has 0 saturated heterocycles. The van der Waals surface area contributed by atoms with Crippen LogP contribution in [0.4, 0.5) is 9.80 Å². The van der Waals surface area contributed by atoms with Gasteiger partial charge in [-0.05, 0) is 71.3 Å². The monoisotopic (exact) mass is 511 g/mol. The van der Waals surface area contributed by atoms with E-state index in [9.17, 15) is 9.59 Å². The number of aryl methyl sites for hydroxylation is 1. The van der Waals surface area contributed by atoms with E-state index in [1.54, 1.807) is 11.3 Å². The van der Waals surface area contributed by atoms with E-state index in [2.05, 4.69) is 38.4 Å². The van der Waals surface area contributed by atoms with Gasteiger partial charge in [-0.25, -0.2) is 9.59 Å². The predicted octanol–water partition coefficient (Wildman–Crippen LogP) is 4.94. The molecule has 9 heteroatoms. The fraction of sp³-hybridized carbons (Fsp3) is 0.524. The van der Waals surface area contributed by atoms with Crippen molar-refractivity contribution in [3.05, 3.63) is 35.8 Å². The van der Waals surface area contributed by atoms with Gasteiger partial charge in [-0.3, -0.25) is 10.2 Å². The molecule has 0 spiro atoms. The van der Waals surface area contributed by atoms with Crippen LogP contribution in [0.25, 0.3) is 0 Å². The predicted molar refractivity (Wildman–Crippen MR) is 125 cm³/mol. The Bertz CT molecular complexity index is 969. The second-order valence-corrected chi connectivity index (χ2v) is 11.1. The molecule has 162 valence electrons. The zero-order chi connectivity index (χ0) is 21.3. The molecule has 0 atom stereocenters. The lowest BCUT2D eigenvalue weighted by Crippen LogP contribution is -2.31. The number of fused-ring (bicyclic) bond motifs is 2. The Balaban J connectivity index is 1.46. The Morgan fingerprint density at radius 1 is 1.13 bits per heavy atom. The summed E-state index contributed by atoms with van der Waals surface area (Å²) in [5.74, 6) is -0.375. The molecule has 2 aliphatic rings. The van der Waals surface area contributed by atoms with Gasteiger partial charge in [0, 0.05) is 29.4 Å². The van der Waals surface area contributed by atoms with Crippen molar-refractivity contribution in [3.8, 4) is 0 Å². The molecule has 30 heavy (non-hydrogen) atoms. The number of carbonyl (C=O) groups excluding carboxylic acids is 2. The molecule has 4 rings (SSSR count). The number of carbonyl (C=O) groups is 2. The fourth-order valence-electron chi connectivity index (χ4n) is 4.22. The van der Waals surface area contributed by atoms with E-state index < -0.39 is 0 Å². The standard InChI is InChI=1S/C21H26BrN3O3S2/c1-3-25-9-8-12-14(18(22)29-16(12)11-25)10-23-21(27)24-19-17(20(26)28-2)13-6-4-5-7-15(13)30-19/h3-11H2,1-2H3,(H2,23,24,27). The molecule has 0 bridgehead atoms. The molecule has 3 heterocycles. The molecule has 1 aliphatic heterocycles. The molecule has 1 aliphatic carbocycles. The third-order valence-electron chi connectivity index (χ3n) is 5.86. The van der Waals surface area contributed by atoms with Crippen LogP contribution in [0.2, 0.25) is 0 Å². The van der Waals surface area contributed by atoms with E-state index in [1.807, 2.05) is 0 Å². The zero-order valence-corrected chi connectivity index (χ0v) is 20.4. The maximum absolute atomic E-state index is 12.7. The number of nitrogens with one attached hydrogen (secondary N) is 2. The number of halogens is 1. The van der Waals surface area contributed by atoms with Crippen LogP contribution >= 0.6 is 38.6 Å². The molecule has 2 amide bonds. The lowest BCUT2D eigenvalue weighted by Gasteiger charge is -2.25. The van der Waals surface area contributed by atoms with Crippen LogP contribution in [0.3, 0.4) is 0 Å². The minimum absolute atomic E-state index is 0.295. The van der Waals surface area contributed by atoms with Crippen molar-refractivity contribution in [3.63, 3.8) is 0 Å². The molecular weight excluding hydrogens is 486 g/mol. The number of likely N-dealkylation sites (N-methyl/N-ethyl adjacent to an activating group) is 1. The number of nitrogens with zero attached hydrogens (tertiary/aromatic N) is 1. The second kappa shape index (κ2) is 9.38. The van der Waals surface area contributed by atoms with Gasteiger partial charge in [0.25, 0.3) is 0 Å². The number of rotatable bonds is 5. The normalized spacial score (nSPS) is 16.0. The van der Waals surface area contributed by atoms with Crippen LogP contribution in [0, 0.1) is 0 Å². The lowest BCUT2D eigenvalue weighted by atomic mass is 9.95. The van der Waals surface area contributed by atoms with Gasteiger partial charge in [0.05, 0.1) is 16.5 Å². The number of methoxy groups -OCH3 is 1. The van der Waals surface area contributed by atoms with Gasteiger partial charge in [-0.2, -0.15) is 0 Å². The van der Waals surface area contributed by atoms with Gasteiger partial charge in [0.15, 0.2) is 0 Å². The number of thiophene rings is 2. The average Bonchev–Trinajstić information content (AvgIpc) is 3.27. The van der Waals surface area contributed by atoms with Gasteiger partial charge >= 0.3 is 12.0 Å². The SMILES string of the molecule is CCN1CCc2c(sc(Br)c2CNC(=O)Nc2sc3c(c2C(=O)OC)CCCC3)C1.